The summed E-state index contributed by atoms with van der Waals surface area (Å²) in [7, 11) is 0. The van der Waals surface area contributed by atoms with Crippen LogP contribution >= 0.6 is 0 Å². The van der Waals surface area contributed by atoms with E-state index in [0.29, 0.717) is 11.3 Å². The lowest BCUT2D eigenvalue weighted by Crippen LogP contribution is -2.32. The van der Waals surface area contributed by atoms with E-state index < -0.39 is 18.5 Å². The van der Waals surface area contributed by atoms with Gasteiger partial charge in [0.05, 0.1) is 11.6 Å². The van der Waals surface area contributed by atoms with E-state index in [1.54, 1.807) is 24.3 Å². The van der Waals surface area contributed by atoms with Gasteiger partial charge in [-0.05, 0) is 35.4 Å². The molecule has 6 nitrogen and oxygen atoms in total. The maximum Gasteiger partial charge on any atom is 0.344 e. The highest BCUT2D eigenvalue weighted by Crippen LogP contribution is 2.24. The summed E-state index contributed by atoms with van der Waals surface area (Å²) in [5, 5.41) is 14.0. The maximum absolute atomic E-state index is 12.2. The van der Waals surface area contributed by atoms with E-state index in [0.717, 1.165) is 16.3 Å². The zero-order valence-corrected chi connectivity index (χ0v) is 15.9. The molecule has 0 aliphatic rings. The summed E-state index contributed by atoms with van der Waals surface area (Å²) in [6, 6.07) is 22.2. The topological polar surface area (TPSA) is 88.4 Å². The Balaban J connectivity index is 1.50. The molecule has 1 atom stereocenters. The summed E-state index contributed by atoms with van der Waals surface area (Å²) in [5.41, 5.74) is 1.31. The summed E-state index contributed by atoms with van der Waals surface area (Å²) in [5.74, 6) is -0.803. The van der Waals surface area contributed by atoms with Crippen LogP contribution < -0.4 is 10.1 Å². The van der Waals surface area contributed by atoms with E-state index in [9.17, 15) is 9.59 Å². The highest BCUT2D eigenvalue weighted by Gasteiger charge is 2.14. The highest BCUT2D eigenvalue weighted by molar-refractivity contribution is 5.87. The third-order valence-corrected chi connectivity index (χ3v) is 4.38. The molecule has 146 valence electrons. The summed E-state index contributed by atoms with van der Waals surface area (Å²) in [4.78, 5) is 24.0. The Morgan fingerprint density at radius 3 is 2.55 bits per heavy atom. The molecule has 3 aromatic rings. The number of nitriles is 1. The Hall–Kier alpha value is -3.85. The van der Waals surface area contributed by atoms with E-state index in [1.165, 1.54) is 0 Å². The van der Waals surface area contributed by atoms with E-state index in [2.05, 4.69) is 5.32 Å². The van der Waals surface area contributed by atoms with Crippen LogP contribution in [-0.4, -0.2) is 25.1 Å². The first-order valence-electron chi connectivity index (χ1n) is 9.13. The number of esters is 1. The minimum Gasteiger partial charge on any atom is -0.481 e. The number of nitrogens with one attached hydrogen (secondary N) is 1. The fourth-order valence-electron chi connectivity index (χ4n) is 3.00. The number of benzene rings is 3. The summed E-state index contributed by atoms with van der Waals surface area (Å²) in [6.07, 6.45) is 0. The first kappa shape index (κ1) is 19.9. The van der Waals surface area contributed by atoms with Crippen LogP contribution in [0.3, 0.4) is 0 Å². The second kappa shape index (κ2) is 9.38. The van der Waals surface area contributed by atoms with Gasteiger partial charge in [0.2, 0.25) is 0 Å². The van der Waals surface area contributed by atoms with Crippen LogP contribution in [0.1, 0.15) is 24.1 Å². The zero-order chi connectivity index (χ0) is 20.6. The minimum absolute atomic E-state index is 0.244. The fraction of sp³-hybridized carbons (Fsp3) is 0.174. The average Bonchev–Trinajstić information content (AvgIpc) is 2.76. The van der Waals surface area contributed by atoms with Gasteiger partial charge in [0.1, 0.15) is 11.8 Å². The third kappa shape index (κ3) is 5.11. The predicted octanol–water partition coefficient (Wildman–Crippen LogP) is 3.51. The van der Waals surface area contributed by atoms with Crippen molar-refractivity contribution in [3.63, 3.8) is 0 Å². The molecule has 0 fully saturated rings. The Morgan fingerprint density at radius 2 is 1.72 bits per heavy atom. The fourth-order valence-corrected chi connectivity index (χ4v) is 3.00. The number of hydrogen-bond acceptors (Lipinski definition) is 5. The van der Waals surface area contributed by atoms with Crippen molar-refractivity contribution in [2.24, 2.45) is 0 Å². The van der Waals surface area contributed by atoms with Crippen molar-refractivity contribution >= 4 is 22.6 Å². The van der Waals surface area contributed by atoms with E-state index in [-0.39, 0.29) is 12.6 Å². The van der Waals surface area contributed by atoms with Gasteiger partial charge in [-0.15, -0.1) is 0 Å². The van der Waals surface area contributed by atoms with Crippen molar-refractivity contribution < 1.29 is 19.1 Å². The lowest BCUT2D eigenvalue weighted by Gasteiger charge is -2.16. The number of amides is 1. The lowest BCUT2D eigenvalue weighted by atomic mass is 10.00. The van der Waals surface area contributed by atoms with E-state index >= 15 is 0 Å². The van der Waals surface area contributed by atoms with Gasteiger partial charge < -0.3 is 14.8 Å². The highest BCUT2D eigenvalue weighted by atomic mass is 16.6. The molecule has 3 rings (SSSR count). The molecule has 1 N–H and O–H groups in total. The number of fused-ring (bicyclic) bond motifs is 1. The summed E-state index contributed by atoms with van der Waals surface area (Å²) >= 11 is 0. The van der Waals surface area contributed by atoms with Crippen molar-refractivity contribution in [3.05, 3.63) is 77.9 Å². The molecule has 0 heterocycles. The monoisotopic (exact) mass is 388 g/mol. The normalized spacial score (nSPS) is 11.3. The molecule has 1 amide bonds. The van der Waals surface area contributed by atoms with E-state index in [4.69, 9.17) is 14.7 Å². The van der Waals surface area contributed by atoms with Crippen molar-refractivity contribution in [2.75, 3.05) is 13.2 Å². The zero-order valence-electron chi connectivity index (χ0n) is 15.9. The molecular formula is C23H20N2O4. The number of nitrogens with zero attached hydrogens (tertiary/aromatic N) is 1. The standard InChI is InChI=1S/C23H20N2O4/c1-16(19-11-6-9-17-7-2-4-10-20(17)19)25-22(26)14-29-23(27)15-28-21-12-5-3-8-18(21)13-24/h2-12,16H,14-15H2,1H3,(H,25,26)/t16-/m0/s1. The number of carbonyl (C=O) groups is 2. The van der Waals surface area contributed by atoms with Crippen molar-refractivity contribution in [1.82, 2.24) is 5.32 Å². The van der Waals surface area contributed by atoms with Gasteiger partial charge in [-0.25, -0.2) is 4.79 Å². The van der Waals surface area contributed by atoms with Crippen LogP contribution in [0.25, 0.3) is 10.8 Å². The van der Waals surface area contributed by atoms with Crippen LogP contribution in [0.4, 0.5) is 0 Å². The smallest absolute Gasteiger partial charge is 0.344 e. The van der Waals surface area contributed by atoms with Crippen LogP contribution in [0.2, 0.25) is 0 Å². The molecule has 0 aliphatic heterocycles. The molecule has 0 saturated heterocycles. The minimum atomic E-state index is -0.689. The summed E-state index contributed by atoms with van der Waals surface area (Å²) < 4.78 is 10.3. The third-order valence-electron chi connectivity index (χ3n) is 4.38. The van der Waals surface area contributed by atoms with Gasteiger partial charge in [0.15, 0.2) is 13.2 Å². The second-order valence-corrected chi connectivity index (χ2v) is 6.41. The first-order chi connectivity index (χ1) is 14.1. The van der Waals surface area contributed by atoms with Crippen molar-refractivity contribution in [2.45, 2.75) is 13.0 Å². The predicted molar refractivity (Wildman–Crippen MR) is 108 cm³/mol. The average molecular weight is 388 g/mol. The molecule has 0 aromatic heterocycles. The largest absolute Gasteiger partial charge is 0.481 e. The Kier molecular flexibility index (Phi) is 6.43. The molecule has 0 aliphatic carbocycles. The molecular weight excluding hydrogens is 368 g/mol. The van der Waals surface area contributed by atoms with Gasteiger partial charge in [-0.1, -0.05) is 54.6 Å². The molecule has 0 unspecified atom stereocenters. The quantitative estimate of drug-likeness (QED) is 0.626. The number of ether oxygens (including phenoxy) is 2. The van der Waals surface area contributed by atoms with Crippen LogP contribution in [0, 0.1) is 11.3 Å². The molecule has 29 heavy (non-hydrogen) atoms. The van der Waals surface area contributed by atoms with Gasteiger partial charge in [-0.3, -0.25) is 4.79 Å². The SMILES string of the molecule is C[C@H](NC(=O)COC(=O)COc1ccccc1C#N)c1cccc2ccccc12. The second-order valence-electron chi connectivity index (χ2n) is 6.41. The molecule has 0 saturated carbocycles. The van der Waals surface area contributed by atoms with Crippen LogP contribution in [0.15, 0.2) is 66.7 Å². The van der Waals surface area contributed by atoms with Gasteiger partial charge in [-0.2, -0.15) is 5.26 Å². The Bertz CT molecular complexity index is 1070. The summed E-state index contributed by atoms with van der Waals surface area (Å²) in [6.45, 7) is 1.09. The molecule has 6 heteroatoms. The number of para-hydroxylation sites is 1. The molecule has 0 radical (unpaired) electrons. The lowest BCUT2D eigenvalue weighted by molar-refractivity contribution is -0.150. The number of carbonyl (C=O) groups excluding carboxylic acids is 2. The van der Waals surface area contributed by atoms with Gasteiger partial charge in [0, 0.05) is 0 Å². The van der Waals surface area contributed by atoms with Gasteiger partial charge in [0.25, 0.3) is 5.91 Å². The maximum atomic E-state index is 12.2. The number of rotatable bonds is 7. The van der Waals surface area contributed by atoms with Crippen molar-refractivity contribution in [1.29, 1.82) is 5.26 Å². The molecule has 0 spiro atoms. The van der Waals surface area contributed by atoms with Crippen LogP contribution in [0.5, 0.6) is 5.75 Å². The Morgan fingerprint density at radius 1 is 1.00 bits per heavy atom. The van der Waals surface area contributed by atoms with Crippen molar-refractivity contribution in [3.8, 4) is 11.8 Å². The Labute approximate surface area is 168 Å². The molecule has 0 bridgehead atoms. The molecule has 3 aromatic carbocycles. The van der Waals surface area contributed by atoms with E-state index in [1.807, 2.05) is 55.5 Å². The van der Waals surface area contributed by atoms with Gasteiger partial charge >= 0.3 is 5.97 Å². The van der Waals surface area contributed by atoms with Crippen LogP contribution in [-0.2, 0) is 14.3 Å². The first-order valence-corrected chi connectivity index (χ1v) is 9.13. The number of hydrogen-bond donors (Lipinski definition) is 1.